The lowest BCUT2D eigenvalue weighted by Gasteiger charge is -2.37. The van der Waals surface area contributed by atoms with Crippen molar-refractivity contribution in [2.75, 3.05) is 31.1 Å². The van der Waals surface area contributed by atoms with Gasteiger partial charge in [-0.15, -0.1) is 0 Å². The summed E-state index contributed by atoms with van der Waals surface area (Å²) in [6.07, 6.45) is 0.966. The lowest BCUT2D eigenvalue weighted by atomic mass is 10.2. The van der Waals surface area contributed by atoms with E-state index in [0.717, 1.165) is 43.7 Å². The second-order valence-corrected chi connectivity index (χ2v) is 6.29. The van der Waals surface area contributed by atoms with E-state index in [9.17, 15) is 9.18 Å². The summed E-state index contributed by atoms with van der Waals surface area (Å²) >= 11 is 0. The molecule has 132 valence electrons. The number of anilines is 1. The van der Waals surface area contributed by atoms with E-state index in [1.54, 1.807) is 6.07 Å². The number of ether oxygens (including phenoxy) is 1. The number of carbonyl (C=O) groups is 1. The second-order valence-electron chi connectivity index (χ2n) is 6.29. The first-order chi connectivity index (χ1) is 12.2. The predicted molar refractivity (Wildman–Crippen MR) is 96.5 cm³/mol. The van der Waals surface area contributed by atoms with Crippen molar-refractivity contribution in [2.24, 2.45) is 0 Å². The molecule has 1 heterocycles. The Hall–Kier alpha value is -2.40. The van der Waals surface area contributed by atoms with Gasteiger partial charge in [-0.3, -0.25) is 4.90 Å². The van der Waals surface area contributed by atoms with E-state index < -0.39 is 0 Å². The van der Waals surface area contributed by atoms with E-state index in [1.165, 1.54) is 6.07 Å². The van der Waals surface area contributed by atoms with Gasteiger partial charge >= 0.3 is 0 Å². The Morgan fingerprint density at radius 3 is 2.48 bits per heavy atom. The molecule has 1 unspecified atom stereocenters. The fourth-order valence-corrected chi connectivity index (χ4v) is 3.01. The summed E-state index contributed by atoms with van der Waals surface area (Å²) in [6.45, 7) is 5.41. The molecule has 5 heteroatoms. The molecule has 1 aliphatic rings. The minimum absolute atomic E-state index is 0.0624. The molecule has 1 aliphatic heterocycles. The lowest BCUT2D eigenvalue weighted by Crippen LogP contribution is -2.50. The Morgan fingerprint density at radius 1 is 1.12 bits per heavy atom. The fourth-order valence-electron chi connectivity index (χ4n) is 3.01. The van der Waals surface area contributed by atoms with Gasteiger partial charge in [0.25, 0.3) is 0 Å². The number of carbonyl (C=O) groups excluding carboxylic acids is 1. The summed E-state index contributed by atoms with van der Waals surface area (Å²) < 4.78 is 19.9. The molecule has 3 rings (SSSR count). The van der Waals surface area contributed by atoms with Crippen LogP contribution in [0.25, 0.3) is 0 Å². The summed E-state index contributed by atoms with van der Waals surface area (Å²) in [7, 11) is 0. The molecule has 0 N–H and O–H groups in total. The van der Waals surface area contributed by atoms with Crippen LogP contribution in [0.3, 0.4) is 0 Å². The zero-order chi connectivity index (χ0) is 17.6. The van der Waals surface area contributed by atoms with Crippen LogP contribution in [-0.4, -0.2) is 43.4 Å². The molecule has 0 radical (unpaired) electrons. The summed E-state index contributed by atoms with van der Waals surface area (Å²) in [5, 5.41) is 0. The summed E-state index contributed by atoms with van der Waals surface area (Å²) in [4.78, 5) is 15.2. The molecular weight excluding hydrogens is 319 g/mol. The highest BCUT2D eigenvalue weighted by atomic mass is 19.1. The number of halogens is 1. The zero-order valence-corrected chi connectivity index (χ0v) is 14.4. The molecule has 0 saturated carbocycles. The maximum atomic E-state index is 14.4. The lowest BCUT2D eigenvalue weighted by molar-refractivity contribution is -0.112. The second kappa shape index (κ2) is 8.12. The zero-order valence-electron chi connectivity index (χ0n) is 14.4. The van der Waals surface area contributed by atoms with Crippen LogP contribution in [-0.2, 0) is 11.4 Å². The van der Waals surface area contributed by atoms with Gasteiger partial charge in [0.1, 0.15) is 12.9 Å². The van der Waals surface area contributed by atoms with E-state index in [1.807, 2.05) is 43.3 Å². The molecule has 0 aliphatic carbocycles. The van der Waals surface area contributed by atoms with Gasteiger partial charge < -0.3 is 14.4 Å². The van der Waals surface area contributed by atoms with Crippen LogP contribution in [0, 0.1) is 5.82 Å². The van der Waals surface area contributed by atoms with Crippen LogP contribution >= 0.6 is 0 Å². The van der Waals surface area contributed by atoms with Crippen LogP contribution in [0.4, 0.5) is 10.1 Å². The van der Waals surface area contributed by atoms with Crippen LogP contribution in [0.5, 0.6) is 5.75 Å². The van der Waals surface area contributed by atoms with Gasteiger partial charge in [0.05, 0.1) is 6.04 Å². The third-order valence-electron chi connectivity index (χ3n) is 4.60. The number of piperazine rings is 1. The van der Waals surface area contributed by atoms with Gasteiger partial charge in [-0.1, -0.05) is 30.3 Å². The predicted octanol–water partition coefficient (Wildman–Crippen LogP) is 3.11. The largest absolute Gasteiger partial charge is 0.486 e. The minimum atomic E-state index is -0.350. The van der Waals surface area contributed by atoms with Gasteiger partial charge in [-0.05, 0) is 24.6 Å². The Balaban J connectivity index is 1.59. The first kappa shape index (κ1) is 17.4. The monoisotopic (exact) mass is 342 g/mol. The van der Waals surface area contributed by atoms with E-state index in [2.05, 4.69) is 9.80 Å². The molecule has 2 aromatic rings. The third kappa shape index (κ3) is 4.37. The van der Waals surface area contributed by atoms with Crippen molar-refractivity contribution >= 4 is 12.0 Å². The van der Waals surface area contributed by atoms with Crippen molar-refractivity contribution in [3.05, 3.63) is 59.9 Å². The average molecular weight is 342 g/mol. The Bertz CT molecular complexity index is 700. The van der Waals surface area contributed by atoms with Crippen molar-refractivity contribution in [2.45, 2.75) is 19.6 Å². The highest BCUT2D eigenvalue weighted by Gasteiger charge is 2.21. The topological polar surface area (TPSA) is 32.8 Å². The number of nitrogens with zero attached hydrogens (tertiary/aromatic N) is 2. The fraction of sp³-hybridized carbons (Fsp3) is 0.350. The first-order valence-corrected chi connectivity index (χ1v) is 8.58. The van der Waals surface area contributed by atoms with Crippen LogP contribution < -0.4 is 9.64 Å². The van der Waals surface area contributed by atoms with Gasteiger partial charge in [0.15, 0.2) is 11.6 Å². The molecule has 1 fully saturated rings. The van der Waals surface area contributed by atoms with Gasteiger partial charge in [0.2, 0.25) is 0 Å². The van der Waals surface area contributed by atoms with Crippen molar-refractivity contribution in [1.82, 2.24) is 4.90 Å². The Labute approximate surface area is 147 Å². The quantitative estimate of drug-likeness (QED) is 0.755. The Kier molecular flexibility index (Phi) is 5.66. The highest BCUT2D eigenvalue weighted by Crippen LogP contribution is 2.25. The van der Waals surface area contributed by atoms with Gasteiger partial charge in [-0.2, -0.15) is 0 Å². The Morgan fingerprint density at radius 2 is 1.84 bits per heavy atom. The van der Waals surface area contributed by atoms with Crippen LogP contribution in [0.2, 0.25) is 0 Å². The SMILES string of the molecule is CC(C=O)N1CCN(c2ccc(OCc3ccccc3)c(F)c2)CC1. The third-order valence-corrected chi connectivity index (χ3v) is 4.60. The number of aldehydes is 1. The number of rotatable bonds is 6. The number of benzene rings is 2. The van der Waals surface area contributed by atoms with Crippen LogP contribution in [0.1, 0.15) is 12.5 Å². The smallest absolute Gasteiger partial charge is 0.167 e. The molecule has 0 spiro atoms. The molecule has 2 aromatic carbocycles. The maximum absolute atomic E-state index is 14.4. The molecule has 0 aromatic heterocycles. The molecule has 0 bridgehead atoms. The molecule has 4 nitrogen and oxygen atoms in total. The molecule has 1 atom stereocenters. The summed E-state index contributed by atoms with van der Waals surface area (Å²) in [6, 6.07) is 14.8. The normalized spacial score (nSPS) is 16.5. The highest BCUT2D eigenvalue weighted by molar-refractivity contribution is 5.57. The average Bonchev–Trinajstić information content (AvgIpc) is 2.67. The van der Waals surface area contributed by atoms with Crippen LogP contribution in [0.15, 0.2) is 48.5 Å². The maximum Gasteiger partial charge on any atom is 0.167 e. The van der Waals surface area contributed by atoms with Crippen molar-refractivity contribution < 1.29 is 13.9 Å². The van der Waals surface area contributed by atoms with Crippen molar-refractivity contribution in [1.29, 1.82) is 0 Å². The summed E-state index contributed by atoms with van der Waals surface area (Å²) in [5.41, 5.74) is 1.86. The van der Waals surface area contributed by atoms with Gasteiger partial charge in [-0.25, -0.2) is 4.39 Å². The van der Waals surface area contributed by atoms with E-state index in [0.29, 0.717) is 6.61 Å². The first-order valence-electron chi connectivity index (χ1n) is 8.58. The van der Waals surface area contributed by atoms with E-state index >= 15 is 0 Å². The van der Waals surface area contributed by atoms with Crippen molar-refractivity contribution in [3.63, 3.8) is 0 Å². The number of hydrogen-bond acceptors (Lipinski definition) is 4. The number of hydrogen-bond donors (Lipinski definition) is 0. The van der Waals surface area contributed by atoms with Crippen molar-refractivity contribution in [3.8, 4) is 5.75 Å². The van der Waals surface area contributed by atoms with Gasteiger partial charge in [0, 0.05) is 37.9 Å². The van der Waals surface area contributed by atoms with E-state index in [-0.39, 0.29) is 17.6 Å². The standard InChI is InChI=1S/C20H23FN2O2/c1-16(14-24)22-9-11-23(12-10-22)18-7-8-20(19(21)13-18)25-15-17-5-3-2-4-6-17/h2-8,13-14,16H,9-12,15H2,1H3. The molecular formula is C20H23FN2O2. The summed E-state index contributed by atoms with van der Waals surface area (Å²) in [5.74, 6) is -0.0852. The molecule has 25 heavy (non-hydrogen) atoms. The minimum Gasteiger partial charge on any atom is -0.486 e. The van der Waals surface area contributed by atoms with E-state index in [4.69, 9.17) is 4.74 Å². The molecule has 1 saturated heterocycles. The molecule has 0 amide bonds.